The van der Waals surface area contributed by atoms with Crippen molar-refractivity contribution in [3.63, 3.8) is 0 Å². The maximum absolute atomic E-state index is 11.7. The number of nitrogens with one attached hydrogen (secondary N) is 1. The number of rotatable bonds is 8. The van der Waals surface area contributed by atoms with Crippen molar-refractivity contribution < 1.29 is 14.7 Å². The van der Waals surface area contributed by atoms with Gasteiger partial charge in [0.15, 0.2) is 0 Å². The van der Waals surface area contributed by atoms with Gasteiger partial charge in [0.05, 0.1) is 17.4 Å². The molecular weight excluding hydrogens is 288 g/mol. The molecule has 5 nitrogen and oxygen atoms in total. The Labute approximate surface area is 128 Å². The number of carbonyl (C=O) groups excluding carboxylic acids is 1. The van der Waals surface area contributed by atoms with Gasteiger partial charge in [-0.25, -0.2) is 0 Å². The van der Waals surface area contributed by atoms with Crippen molar-refractivity contribution in [2.24, 2.45) is 0 Å². The molecule has 2 N–H and O–H groups in total. The summed E-state index contributed by atoms with van der Waals surface area (Å²) < 4.78 is 0. The lowest BCUT2D eigenvalue weighted by Crippen LogP contribution is -2.34. The average molecular weight is 306 g/mol. The highest BCUT2D eigenvalue weighted by Gasteiger charge is 2.09. The van der Waals surface area contributed by atoms with Gasteiger partial charge in [0.25, 0.3) is 0 Å². The number of nitrogens with zero attached hydrogens (tertiary/aromatic N) is 1. The van der Waals surface area contributed by atoms with E-state index in [1.54, 1.807) is 19.1 Å². The van der Waals surface area contributed by atoms with E-state index in [2.05, 4.69) is 11.4 Å². The Bertz CT molecular complexity index is 523. The van der Waals surface area contributed by atoms with Crippen molar-refractivity contribution in [3.8, 4) is 6.07 Å². The first-order valence-corrected chi connectivity index (χ1v) is 7.74. The summed E-state index contributed by atoms with van der Waals surface area (Å²) in [4.78, 5) is 22.1. The lowest BCUT2D eigenvalue weighted by Gasteiger charge is -2.12. The molecule has 1 aromatic carbocycles. The minimum absolute atomic E-state index is 0.0554. The smallest absolute Gasteiger partial charge is 0.303 e. The number of carbonyl (C=O) groups is 2. The molecule has 0 bridgehead atoms. The van der Waals surface area contributed by atoms with Crippen LogP contribution in [0.2, 0.25) is 0 Å². The van der Waals surface area contributed by atoms with Crippen molar-refractivity contribution in [2.45, 2.75) is 31.6 Å². The van der Waals surface area contributed by atoms with E-state index in [9.17, 15) is 9.59 Å². The SMILES string of the molecule is CC(CCC(=O)O)NC(=O)CSCc1ccc(C#N)cc1. The number of amides is 1. The molecule has 0 saturated heterocycles. The van der Waals surface area contributed by atoms with Crippen LogP contribution in [-0.4, -0.2) is 28.8 Å². The van der Waals surface area contributed by atoms with Gasteiger partial charge in [-0.2, -0.15) is 5.26 Å². The third-order valence-corrected chi connectivity index (χ3v) is 3.79. The molecule has 0 spiro atoms. The molecule has 0 aliphatic carbocycles. The molecule has 0 aromatic heterocycles. The highest BCUT2D eigenvalue weighted by Crippen LogP contribution is 2.12. The highest BCUT2D eigenvalue weighted by molar-refractivity contribution is 7.99. The molecule has 0 aliphatic rings. The fourth-order valence-electron chi connectivity index (χ4n) is 1.67. The quantitative estimate of drug-likeness (QED) is 0.768. The van der Waals surface area contributed by atoms with Gasteiger partial charge in [0, 0.05) is 18.2 Å². The van der Waals surface area contributed by atoms with E-state index in [4.69, 9.17) is 10.4 Å². The Morgan fingerprint density at radius 2 is 2.05 bits per heavy atom. The van der Waals surface area contributed by atoms with E-state index in [-0.39, 0.29) is 18.4 Å². The van der Waals surface area contributed by atoms with E-state index in [1.807, 2.05) is 12.1 Å². The largest absolute Gasteiger partial charge is 0.481 e. The Kier molecular flexibility index (Phi) is 7.33. The van der Waals surface area contributed by atoms with Crippen LogP contribution in [0.25, 0.3) is 0 Å². The van der Waals surface area contributed by atoms with Gasteiger partial charge in [0.1, 0.15) is 0 Å². The van der Waals surface area contributed by atoms with E-state index in [0.717, 1.165) is 5.56 Å². The van der Waals surface area contributed by atoms with Crippen LogP contribution >= 0.6 is 11.8 Å². The normalized spacial score (nSPS) is 11.4. The number of hydrogen-bond donors (Lipinski definition) is 2. The van der Waals surface area contributed by atoms with Gasteiger partial charge in [-0.3, -0.25) is 9.59 Å². The predicted octanol–water partition coefficient (Wildman–Crippen LogP) is 2.16. The van der Waals surface area contributed by atoms with Crippen molar-refractivity contribution in [3.05, 3.63) is 35.4 Å². The van der Waals surface area contributed by atoms with Crippen molar-refractivity contribution in [1.82, 2.24) is 5.32 Å². The summed E-state index contributed by atoms with van der Waals surface area (Å²) in [6.07, 6.45) is 0.487. The molecule has 1 rings (SSSR count). The third kappa shape index (κ3) is 7.37. The lowest BCUT2D eigenvalue weighted by molar-refractivity contribution is -0.137. The molecule has 1 aromatic rings. The fourth-order valence-corrected chi connectivity index (χ4v) is 2.46. The number of thioether (sulfide) groups is 1. The zero-order valence-corrected chi connectivity index (χ0v) is 12.7. The Balaban J connectivity index is 2.23. The molecule has 112 valence electrons. The van der Waals surface area contributed by atoms with Gasteiger partial charge in [-0.1, -0.05) is 12.1 Å². The first-order chi connectivity index (χ1) is 10.0. The van der Waals surface area contributed by atoms with Gasteiger partial charge in [-0.15, -0.1) is 11.8 Å². The van der Waals surface area contributed by atoms with Crippen LogP contribution in [0.15, 0.2) is 24.3 Å². The van der Waals surface area contributed by atoms with Crippen molar-refractivity contribution >= 4 is 23.6 Å². The van der Waals surface area contributed by atoms with E-state index >= 15 is 0 Å². The van der Waals surface area contributed by atoms with E-state index < -0.39 is 5.97 Å². The van der Waals surface area contributed by atoms with Gasteiger partial charge in [-0.05, 0) is 31.0 Å². The first-order valence-electron chi connectivity index (χ1n) is 6.59. The van der Waals surface area contributed by atoms with Crippen LogP contribution in [0.5, 0.6) is 0 Å². The van der Waals surface area contributed by atoms with Crippen molar-refractivity contribution in [2.75, 3.05) is 5.75 Å². The molecule has 0 saturated carbocycles. The minimum atomic E-state index is -0.855. The number of carboxylic acid groups (broad SMARTS) is 1. The second kappa shape index (κ2) is 9.03. The summed E-state index contributed by atoms with van der Waals surface area (Å²) in [7, 11) is 0. The summed E-state index contributed by atoms with van der Waals surface area (Å²) in [6, 6.07) is 9.18. The van der Waals surface area contributed by atoms with Crippen molar-refractivity contribution in [1.29, 1.82) is 5.26 Å². The number of benzene rings is 1. The van der Waals surface area contributed by atoms with E-state index in [1.165, 1.54) is 11.8 Å². The highest BCUT2D eigenvalue weighted by atomic mass is 32.2. The molecule has 0 aliphatic heterocycles. The molecular formula is C15H18N2O3S. The van der Waals surface area contributed by atoms with Gasteiger partial charge >= 0.3 is 5.97 Å². The predicted molar refractivity (Wildman–Crippen MR) is 81.8 cm³/mol. The van der Waals surface area contributed by atoms with Crippen LogP contribution in [0.3, 0.4) is 0 Å². The van der Waals surface area contributed by atoms with Crippen LogP contribution in [0, 0.1) is 11.3 Å². The maximum Gasteiger partial charge on any atom is 0.303 e. The topological polar surface area (TPSA) is 90.2 Å². The number of carboxylic acids is 1. The van der Waals surface area contributed by atoms with Crippen LogP contribution in [-0.2, 0) is 15.3 Å². The second-order valence-corrected chi connectivity index (χ2v) is 5.69. The van der Waals surface area contributed by atoms with Crippen LogP contribution in [0.1, 0.15) is 30.9 Å². The zero-order chi connectivity index (χ0) is 15.7. The molecule has 1 atom stereocenters. The monoisotopic (exact) mass is 306 g/mol. The Hall–Kier alpha value is -2.00. The zero-order valence-electron chi connectivity index (χ0n) is 11.8. The standard InChI is InChI=1S/C15H18N2O3S/c1-11(2-7-15(19)20)17-14(18)10-21-9-13-5-3-12(8-16)4-6-13/h3-6,11H,2,7,9-10H2,1H3,(H,17,18)(H,19,20). The molecule has 21 heavy (non-hydrogen) atoms. The van der Waals surface area contributed by atoms with Crippen LogP contribution in [0.4, 0.5) is 0 Å². The number of hydrogen-bond acceptors (Lipinski definition) is 4. The van der Waals surface area contributed by atoms with Gasteiger partial charge < -0.3 is 10.4 Å². The second-order valence-electron chi connectivity index (χ2n) is 4.70. The fraction of sp³-hybridized carbons (Fsp3) is 0.400. The molecule has 6 heteroatoms. The summed E-state index contributed by atoms with van der Waals surface area (Å²) in [5, 5.41) is 20.0. The number of aliphatic carboxylic acids is 1. The van der Waals surface area contributed by atoms with Crippen LogP contribution < -0.4 is 5.32 Å². The summed E-state index contributed by atoms with van der Waals surface area (Å²) >= 11 is 1.48. The molecule has 0 radical (unpaired) electrons. The minimum Gasteiger partial charge on any atom is -0.481 e. The Morgan fingerprint density at radius 1 is 1.38 bits per heavy atom. The molecule has 0 heterocycles. The molecule has 1 unspecified atom stereocenters. The summed E-state index contributed by atoms with van der Waals surface area (Å²) in [5.41, 5.74) is 1.68. The van der Waals surface area contributed by atoms with E-state index in [0.29, 0.717) is 23.5 Å². The van der Waals surface area contributed by atoms with Gasteiger partial charge in [0.2, 0.25) is 5.91 Å². The molecule has 1 amide bonds. The first kappa shape index (κ1) is 17.1. The third-order valence-electron chi connectivity index (χ3n) is 2.78. The number of nitriles is 1. The summed E-state index contributed by atoms with van der Waals surface area (Å²) in [6.45, 7) is 1.80. The lowest BCUT2D eigenvalue weighted by atomic mass is 10.2. The molecule has 0 fully saturated rings. The maximum atomic E-state index is 11.7. The Morgan fingerprint density at radius 3 is 2.62 bits per heavy atom. The summed E-state index contributed by atoms with van der Waals surface area (Å²) in [5.74, 6) is 0.0814. The average Bonchev–Trinajstić information content (AvgIpc) is 2.46.